The number of nitrogens with zero attached hydrogens (tertiary/aromatic N) is 2. The van der Waals surface area contributed by atoms with Crippen molar-refractivity contribution < 1.29 is 5.11 Å². The van der Waals surface area contributed by atoms with Crippen LogP contribution in [0.15, 0.2) is 24.3 Å². The zero-order chi connectivity index (χ0) is 12.4. The molecule has 0 spiro atoms. The highest BCUT2D eigenvalue weighted by Gasteiger charge is 2.28. The van der Waals surface area contributed by atoms with E-state index in [1.165, 1.54) is 13.0 Å². The Kier molecular flexibility index (Phi) is 3.64. The Labute approximate surface area is 109 Å². The predicted molar refractivity (Wildman–Crippen MR) is 72.9 cm³/mol. The van der Waals surface area contributed by atoms with Crippen LogP contribution in [0.25, 0.3) is 0 Å². The quantitative estimate of drug-likeness (QED) is 0.856. The van der Waals surface area contributed by atoms with Gasteiger partial charge in [-0.25, -0.2) is 0 Å². The third-order valence-corrected chi connectivity index (χ3v) is 4.32. The standard InChI is InChI=1S/C15H22N2O/c18-10-9-16-5-7-17(8-6-16)12-14-11-13-3-1-2-4-15(13)14/h1-4,14,18H,5-12H2. The van der Waals surface area contributed by atoms with Crippen LogP contribution in [0.2, 0.25) is 0 Å². The minimum Gasteiger partial charge on any atom is -0.395 e. The summed E-state index contributed by atoms with van der Waals surface area (Å²) in [6, 6.07) is 8.84. The van der Waals surface area contributed by atoms with Crippen LogP contribution >= 0.6 is 0 Å². The van der Waals surface area contributed by atoms with E-state index in [-0.39, 0.29) is 6.61 Å². The predicted octanol–water partition coefficient (Wildman–Crippen LogP) is 0.936. The van der Waals surface area contributed by atoms with E-state index in [1.54, 1.807) is 11.1 Å². The van der Waals surface area contributed by atoms with Crippen LogP contribution in [-0.2, 0) is 6.42 Å². The van der Waals surface area contributed by atoms with Gasteiger partial charge < -0.3 is 10.0 Å². The van der Waals surface area contributed by atoms with Gasteiger partial charge >= 0.3 is 0 Å². The number of hydrogen-bond donors (Lipinski definition) is 1. The summed E-state index contributed by atoms with van der Waals surface area (Å²) in [4.78, 5) is 4.93. The Morgan fingerprint density at radius 2 is 1.78 bits per heavy atom. The average Bonchev–Trinajstić information content (AvgIpc) is 2.38. The van der Waals surface area contributed by atoms with Gasteiger partial charge in [0.1, 0.15) is 0 Å². The molecule has 1 fully saturated rings. The van der Waals surface area contributed by atoms with Crippen molar-refractivity contribution in [1.82, 2.24) is 9.80 Å². The summed E-state index contributed by atoms with van der Waals surface area (Å²) in [5.74, 6) is 0.755. The summed E-state index contributed by atoms with van der Waals surface area (Å²) in [6.07, 6.45) is 1.26. The molecule has 98 valence electrons. The van der Waals surface area contributed by atoms with Crippen molar-refractivity contribution in [2.24, 2.45) is 0 Å². The third kappa shape index (κ3) is 2.44. The van der Waals surface area contributed by atoms with E-state index in [2.05, 4.69) is 34.1 Å². The van der Waals surface area contributed by atoms with Crippen LogP contribution < -0.4 is 0 Å². The molecule has 0 aromatic heterocycles. The Balaban J connectivity index is 1.49. The first kappa shape index (κ1) is 12.2. The van der Waals surface area contributed by atoms with E-state index in [9.17, 15) is 0 Å². The summed E-state index contributed by atoms with van der Waals surface area (Å²) in [5, 5.41) is 8.93. The molecule has 3 heteroatoms. The Bertz CT molecular complexity index is 399. The maximum absolute atomic E-state index is 8.93. The number of rotatable bonds is 4. The zero-order valence-corrected chi connectivity index (χ0v) is 10.9. The Morgan fingerprint density at radius 1 is 1.06 bits per heavy atom. The van der Waals surface area contributed by atoms with Gasteiger partial charge in [0, 0.05) is 45.2 Å². The highest BCUT2D eigenvalue weighted by atomic mass is 16.3. The number of piperazine rings is 1. The van der Waals surface area contributed by atoms with Gasteiger partial charge in [-0.1, -0.05) is 24.3 Å². The van der Waals surface area contributed by atoms with Crippen LogP contribution in [0, 0.1) is 0 Å². The molecule has 1 aliphatic heterocycles. The van der Waals surface area contributed by atoms with E-state index in [0.29, 0.717) is 0 Å². The fourth-order valence-electron chi connectivity index (χ4n) is 3.17. The molecule has 1 aromatic rings. The van der Waals surface area contributed by atoms with E-state index >= 15 is 0 Å². The first-order chi connectivity index (χ1) is 8.86. The summed E-state index contributed by atoms with van der Waals surface area (Å²) in [6.45, 7) is 6.85. The lowest BCUT2D eigenvalue weighted by atomic mass is 9.77. The molecule has 0 amide bonds. The Morgan fingerprint density at radius 3 is 2.50 bits per heavy atom. The number of aliphatic hydroxyl groups is 1. The molecule has 1 unspecified atom stereocenters. The summed E-state index contributed by atoms with van der Waals surface area (Å²) in [7, 11) is 0. The number of hydrogen-bond acceptors (Lipinski definition) is 3. The van der Waals surface area contributed by atoms with Gasteiger partial charge in [-0.15, -0.1) is 0 Å². The molecule has 3 nitrogen and oxygen atoms in total. The molecule has 1 heterocycles. The average molecular weight is 246 g/mol. The fraction of sp³-hybridized carbons (Fsp3) is 0.600. The van der Waals surface area contributed by atoms with Gasteiger partial charge in [0.2, 0.25) is 0 Å². The molecular weight excluding hydrogens is 224 g/mol. The lowest BCUT2D eigenvalue weighted by Gasteiger charge is -2.39. The summed E-state index contributed by atoms with van der Waals surface area (Å²) >= 11 is 0. The zero-order valence-electron chi connectivity index (χ0n) is 10.9. The molecule has 18 heavy (non-hydrogen) atoms. The third-order valence-electron chi connectivity index (χ3n) is 4.32. The van der Waals surface area contributed by atoms with Crippen LogP contribution in [0.4, 0.5) is 0 Å². The van der Waals surface area contributed by atoms with Crippen molar-refractivity contribution in [3.05, 3.63) is 35.4 Å². The molecule has 1 saturated heterocycles. The first-order valence-corrected chi connectivity index (χ1v) is 7.00. The van der Waals surface area contributed by atoms with E-state index in [0.717, 1.165) is 38.6 Å². The van der Waals surface area contributed by atoms with Crippen molar-refractivity contribution in [3.63, 3.8) is 0 Å². The van der Waals surface area contributed by atoms with Gasteiger partial charge in [0.25, 0.3) is 0 Å². The summed E-state index contributed by atoms with van der Waals surface area (Å²) in [5.41, 5.74) is 3.11. The van der Waals surface area contributed by atoms with Crippen LogP contribution in [0.5, 0.6) is 0 Å². The number of fused-ring (bicyclic) bond motifs is 1. The van der Waals surface area contributed by atoms with E-state index < -0.39 is 0 Å². The number of benzene rings is 1. The molecule has 3 rings (SSSR count). The molecule has 0 bridgehead atoms. The van der Waals surface area contributed by atoms with Crippen molar-refractivity contribution >= 4 is 0 Å². The Hall–Kier alpha value is -0.900. The molecule has 1 aromatic carbocycles. The molecule has 2 aliphatic rings. The van der Waals surface area contributed by atoms with Gasteiger partial charge in [-0.05, 0) is 17.5 Å². The second kappa shape index (κ2) is 5.39. The minimum absolute atomic E-state index is 0.288. The van der Waals surface area contributed by atoms with Gasteiger partial charge in [0.15, 0.2) is 0 Å². The van der Waals surface area contributed by atoms with E-state index in [1.807, 2.05) is 0 Å². The first-order valence-electron chi connectivity index (χ1n) is 7.00. The lowest BCUT2D eigenvalue weighted by molar-refractivity contribution is 0.106. The highest BCUT2D eigenvalue weighted by Crippen LogP contribution is 2.35. The van der Waals surface area contributed by atoms with Gasteiger partial charge in [0.05, 0.1) is 6.61 Å². The van der Waals surface area contributed by atoms with Gasteiger partial charge in [-0.2, -0.15) is 0 Å². The molecule has 1 N–H and O–H groups in total. The second-order valence-corrected chi connectivity index (χ2v) is 5.47. The molecule has 1 atom stereocenters. The van der Waals surface area contributed by atoms with Crippen LogP contribution in [-0.4, -0.2) is 60.8 Å². The lowest BCUT2D eigenvalue weighted by Crippen LogP contribution is -2.48. The fourth-order valence-corrected chi connectivity index (χ4v) is 3.17. The molecule has 0 saturated carbocycles. The van der Waals surface area contributed by atoms with Crippen LogP contribution in [0.3, 0.4) is 0 Å². The number of β-amino-alcohol motifs (C(OH)–C–C–N with tert-alkyl or cyclic N) is 1. The molecule has 0 radical (unpaired) electrons. The molecular formula is C15H22N2O. The SMILES string of the molecule is OCCN1CCN(CC2Cc3ccccc32)CC1. The topological polar surface area (TPSA) is 26.7 Å². The second-order valence-electron chi connectivity index (χ2n) is 5.47. The monoisotopic (exact) mass is 246 g/mol. The van der Waals surface area contributed by atoms with Crippen LogP contribution in [0.1, 0.15) is 17.0 Å². The molecule has 1 aliphatic carbocycles. The normalized spacial score (nSPS) is 24.6. The smallest absolute Gasteiger partial charge is 0.0558 e. The maximum atomic E-state index is 8.93. The highest BCUT2D eigenvalue weighted by molar-refractivity contribution is 5.40. The largest absolute Gasteiger partial charge is 0.395 e. The minimum atomic E-state index is 0.288. The van der Waals surface area contributed by atoms with Crippen molar-refractivity contribution in [3.8, 4) is 0 Å². The van der Waals surface area contributed by atoms with Crippen molar-refractivity contribution in [1.29, 1.82) is 0 Å². The van der Waals surface area contributed by atoms with Crippen molar-refractivity contribution in [2.45, 2.75) is 12.3 Å². The van der Waals surface area contributed by atoms with E-state index in [4.69, 9.17) is 5.11 Å². The maximum Gasteiger partial charge on any atom is 0.0558 e. The number of aliphatic hydroxyl groups excluding tert-OH is 1. The summed E-state index contributed by atoms with van der Waals surface area (Å²) < 4.78 is 0. The van der Waals surface area contributed by atoms with Gasteiger partial charge in [-0.3, -0.25) is 4.90 Å². The van der Waals surface area contributed by atoms with Crippen molar-refractivity contribution in [2.75, 3.05) is 45.9 Å².